The number of hydrogen-bond acceptors (Lipinski definition) is 5. The van der Waals surface area contributed by atoms with Crippen LogP contribution in [0.3, 0.4) is 0 Å². The molecule has 0 fully saturated rings. The van der Waals surface area contributed by atoms with Gasteiger partial charge in [0.2, 0.25) is 0 Å². The molecule has 1 aliphatic rings. The number of esters is 1. The number of carbonyl (C=O) groups excluding carboxylic acids is 2. The van der Waals surface area contributed by atoms with Crippen LogP contribution < -0.4 is 5.32 Å². The fourth-order valence-electron chi connectivity index (χ4n) is 4.10. The van der Waals surface area contributed by atoms with Crippen LogP contribution in [0.15, 0.2) is 42.6 Å². The summed E-state index contributed by atoms with van der Waals surface area (Å²) >= 11 is 0. The normalized spacial score (nSPS) is 13.8. The third-order valence-electron chi connectivity index (χ3n) is 5.79. The van der Waals surface area contributed by atoms with E-state index in [0.29, 0.717) is 5.82 Å². The summed E-state index contributed by atoms with van der Waals surface area (Å²) in [5.41, 5.74) is 5.97. The Morgan fingerprint density at radius 1 is 1.09 bits per heavy atom. The average Bonchev–Trinajstić information content (AvgIpc) is 3.15. The molecule has 1 atom stereocenters. The number of rotatable bonds is 6. The van der Waals surface area contributed by atoms with Gasteiger partial charge < -0.3 is 10.1 Å². The predicted octanol–water partition coefficient (Wildman–Crippen LogP) is 3.80. The smallest absolute Gasteiger partial charge is 0.340 e. The molecule has 1 aliphatic carbocycles. The number of ether oxygens (including phenoxy) is 1. The van der Waals surface area contributed by atoms with E-state index in [2.05, 4.69) is 33.6 Å². The van der Waals surface area contributed by atoms with Crippen LogP contribution in [0.4, 0.5) is 0 Å². The number of carbonyl (C=O) groups is 2. The van der Waals surface area contributed by atoms with Gasteiger partial charge in [-0.05, 0) is 81.3 Å². The van der Waals surface area contributed by atoms with Gasteiger partial charge in [0.25, 0.3) is 5.91 Å². The van der Waals surface area contributed by atoms with Crippen LogP contribution in [0.5, 0.6) is 0 Å². The predicted molar refractivity (Wildman–Crippen MR) is 121 cm³/mol. The minimum atomic E-state index is -0.589. The van der Waals surface area contributed by atoms with E-state index in [-0.39, 0.29) is 24.1 Å². The van der Waals surface area contributed by atoms with Crippen molar-refractivity contribution in [1.29, 1.82) is 0 Å². The molecule has 0 radical (unpaired) electrons. The van der Waals surface area contributed by atoms with Crippen molar-refractivity contribution in [2.45, 2.75) is 52.5 Å². The summed E-state index contributed by atoms with van der Waals surface area (Å²) in [6, 6.07) is 11.5. The van der Waals surface area contributed by atoms with Gasteiger partial charge in [0.05, 0.1) is 17.3 Å². The Hall–Kier alpha value is -3.48. The number of nitrogens with one attached hydrogen (secondary N) is 1. The van der Waals surface area contributed by atoms with E-state index < -0.39 is 5.97 Å². The fourth-order valence-corrected chi connectivity index (χ4v) is 4.10. The molecule has 7 nitrogen and oxygen atoms in total. The molecule has 3 aromatic rings. The molecule has 1 amide bonds. The first-order valence-electron chi connectivity index (χ1n) is 11.0. The maximum absolute atomic E-state index is 12.3. The third-order valence-corrected chi connectivity index (χ3v) is 5.79. The second-order valence-electron chi connectivity index (χ2n) is 8.34. The van der Waals surface area contributed by atoms with Gasteiger partial charge in [-0.1, -0.05) is 18.2 Å². The van der Waals surface area contributed by atoms with Crippen molar-refractivity contribution in [2.24, 2.45) is 0 Å². The van der Waals surface area contributed by atoms with Crippen molar-refractivity contribution in [3.05, 3.63) is 76.2 Å². The average molecular weight is 433 g/mol. The highest BCUT2D eigenvalue weighted by atomic mass is 16.5. The molecule has 2 heterocycles. The molecule has 0 bridgehead atoms. The minimum absolute atomic E-state index is 0.157. The molecular weight excluding hydrogens is 404 g/mol. The van der Waals surface area contributed by atoms with Gasteiger partial charge in [0, 0.05) is 11.9 Å². The largest absolute Gasteiger partial charge is 0.452 e. The van der Waals surface area contributed by atoms with E-state index in [0.717, 1.165) is 29.8 Å². The summed E-state index contributed by atoms with van der Waals surface area (Å²) in [6.45, 7) is 5.44. The SMILES string of the molecule is Cc1cc(C)n(-c2ccc(C(=O)OCC(=O)NC(C)c3ccc4c(c3)CCCC4)cn2)n1. The van der Waals surface area contributed by atoms with Gasteiger partial charge in [-0.3, -0.25) is 4.79 Å². The van der Waals surface area contributed by atoms with E-state index in [1.807, 2.05) is 26.8 Å². The Labute approximate surface area is 187 Å². The number of fused-ring (bicyclic) bond motifs is 1. The molecule has 1 aromatic carbocycles. The van der Waals surface area contributed by atoms with Gasteiger partial charge in [-0.2, -0.15) is 5.10 Å². The topological polar surface area (TPSA) is 86.1 Å². The molecule has 1 N–H and O–H groups in total. The molecule has 7 heteroatoms. The standard InChI is InChI=1S/C25H28N4O3/c1-16-12-17(2)29(28-16)23-11-10-22(14-26-23)25(31)32-15-24(30)27-18(3)20-9-8-19-6-4-5-7-21(19)13-20/h8-14,18H,4-7,15H2,1-3H3,(H,27,30). The molecule has 32 heavy (non-hydrogen) atoms. The van der Waals surface area contributed by atoms with Crippen molar-refractivity contribution in [3.63, 3.8) is 0 Å². The van der Waals surface area contributed by atoms with Crippen molar-refractivity contribution < 1.29 is 14.3 Å². The lowest BCUT2D eigenvalue weighted by Crippen LogP contribution is -2.31. The van der Waals surface area contributed by atoms with Gasteiger partial charge >= 0.3 is 5.97 Å². The Morgan fingerprint density at radius 3 is 2.56 bits per heavy atom. The second-order valence-corrected chi connectivity index (χ2v) is 8.34. The van der Waals surface area contributed by atoms with E-state index in [1.165, 1.54) is 30.2 Å². The Bertz CT molecular complexity index is 1130. The first-order valence-corrected chi connectivity index (χ1v) is 11.0. The lowest BCUT2D eigenvalue weighted by molar-refractivity contribution is -0.124. The van der Waals surface area contributed by atoms with Crippen LogP contribution in [0.25, 0.3) is 5.82 Å². The van der Waals surface area contributed by atoms with Crippen LogP contribution >= 0.6 is 0 Å². The van der Waals surface area contributed by atoms with Crippen molar-refractivity contribution >= 4 is 11.9 Å². The van der Waals surface area contributed by atoms with Crippen molar-refractivity contribution in [1.82, 2.24) is 20.1 Å². The first kappa shape index (κ1) is 21.7. The van der Waals surface area contributed by atoms with Gasteiger partial charge in [-0.15, -0.1) is 0 Å². The number of benzene rings is 1. The zero-order valence-corrected chi connectivity index (χ0v) is 18.7. The lowest BCUT2D eigenvalue weighted by Gasteiger charge is -2.20. The van der Waals surface area contributed by atoms with E-state index in [9.17, 15) is 9.59 Å². The van der Waals surface area contributed by atoms with E-state index in [4.69, 9.17) is 4.74 Å². The van der Waals surface area contributed by atoms with Crippen LogP contribution in [-0.4, -0.2) is 33.2 Å². The highest BCUT2D eigenvalue weighted by Crippen LogP contribution is 2.24. The summed E-state index contributed by atoms with van der Waals surface area (Å²) in [7, 11) is 0. The van der Waals surface area contributed by atoms with Crippen LogP contribution in [0.2, 0.25) is 0 Å². The molecule has 0 aliphatic heterocycles. The maximum atomic E-state index is 12.3. The van der Waals surface area contributed by atoms with Gasteiger partial charge in [-0.25, -0.2) is 14.5 Å². The van der Waals surface area contributed by atoms with Crippen LogP contribution in [-0.2, 0) is 22.4 Å². The molecule has 2 aromatic heterocycles. The summed E-state index contributed by atoms with van der Waals surface area (Å²) < 4.78 is 6.89. The summed E-state index contributed by atoms with van der Waals surface area (Å²) in [5, 5.41) is 7.28. The Balaban J connectivity index is 1.31. The first-order chi connectivity index (χ1) is 15.4. The molecule has 0 saturated heterocycles. The molecule has 4 rings (SSSR count). The number of pyridine rings is 1. The van der Waals surface area contributed by atoms with Crippen LogP contribution in [0.1, 0.15) is 64.2 Å². The monoisotopic (exact) mass is 432 g/mol. The highest BCUT2D eigenvalue weighted by molar-refractivity contribution is 5.91. The number of nitrogens with zero attached hydrogens (tertiary/aromatic N) is 3. The summed E-state index contributed by atoms with van der Waals surface area (Å²) in [6.07, 6.45) is 6.11. The number of amides is 1. The van der Waals surface area contributed by atoms with E-state index >= 15 is 0 Å². The van der Waals surface area contributed by atoms with E-state index in [1.54, 1.807) is 16.8 Å². The molecule has 1 unspecified atom stereocenters. The van der Waals surface area contributed by atoms with Gasteiger partial charge in [0.1, 0.15) is 0 Å². The molecular formula is C25H28N4O3. The maximum Gasteiger partial charge on any atom is 0.340 e. The van der Waals surface area contributed by atoms with Crippen molar-refractivity contribution in [2.75, 3.05) is 6.61 Å². The zero-order valence-electron chi connectivity index (χ0n) is 18.7. The van der Waals surface area contributed by atoms with Gasteiger partial charge in [0.15, 0.2) is 12.4 Å². The van der Waals surface area contributed by atoms with Crippen LogP contribution in [0, 0.1) is 13.8 Å². The molecule has 166 valence electrons. The molecule has 0 saturated carbocycles. The quantitative estimate of drug-likeness (QED) is 0.599. The zero-order chi connectivity index (χ0) is 22.7. The Morgan fingerprint density at radius 2 is 1.88 bits per heavy atom. The molecule has 0 spiro atoms. The lowest BCUT2D eigenvalue weighted by atomic mass is 9.89. The summed E-state index contributed by atoms with van der Waals surface area (Å²) in [5.74, 6) is -0.312. The minimum Gasteiger partial charge on any atom is -0.452 e. The highest BCUT2D eigenvalue weighted by Gasteiger charge is 2.16. The van der Waals surface area contributed by atoms with Crippen molar-refractivity contribution in [3.8, 4) is 5.82 Å². The second kappa shape index (κ2) is 9.34. The third kappa shape index (κ3) is 4.88. The number of aryl methyl sites for hydroxylation is 4. The fraction of sp³-hybridized carbons (Fsp3) is 0.360. The number of aromatic nitrogens is 3. The number of hydrogen-bond donors (Lipinski definition) is 1. The summed E-state index contributed by atoms with van der Waals surface area (Å²) in [4.78, 5) is 28.9. The Kier molecular flexibility index (Phi) is 6.35.